The second-order valence-corrected chi connectivity index (χ2v) is 7.41. The SMILES string of the molecule is Cc1c(-c2nccc(C3=C4NC5=COC4C5O3)n2)ccc([S-](=N)=O)c1C. The van der Waals surface area contributed by atoms with E-state index in [9.17, 15) is 4.21 Å². The number of ether oxygens (including phenoxy) is 2. The van der Waals surface area contributed by atoms with Crippen LogP contribution in [0, 0.1) is 18.6 Å². The molecule has 2 aromatic rings. The average Bonchev–Trinajstić information content (AvgIpc) is 3.31. The largest absolute Gasteiger partial charge is 0.485 e. The molecule has 4 bridgehead atoms. The van der Waals surface area contributed by atoms with Crippen LogP contribution in [0.3, 0.4) is 0 Å². The Bertz CT molecular complexity index is 1100. The van der Waals surface area contributed by atoms with Crippen molar-refractivity contribution in [1.82, 2.24) is 15.3 Å². The van der Waals surface area contributed by atoms with Gasteiger partial charge in [-0.15, -0.1) is 0 Å². The third kappa shape index (κ3) is 2.02. The summed E-state index contributed by atoms with van der Waals surface area (Å²) in [4.78, 5) is 9.57. The molecule has 0 spiro atoms. The van der Waals surface area contributed by atoms with Crippen molar-refractivity contribution in [3.8, 4) is 11.4 Å². The van der Waals surface area contributed by atoms with E-state index in [1.165, 1.54) is 0 Å². The summed E-state index contributed by atoms with van der Waals surface area (Å²) in [6.07, 6.45) is 3.19. The predicted octanol–water partition coefficient (Wildman–Crippen LogP) is 2.76. The standard InChI is InChI=1S/C18H15N4O3S/c1-8-9(2)13(26(19)23)4-3-10(8)18-20-6-5-11(22-18)15-14-17-16(25-15)12(21-14)7-24-17/h3-7,16-17,19,21H,1-2H3/q-1. The van der Waals surface area contributed by atoms with Crippen LogP contribution in [-0.4, -0.2) is 22.2 Å². The summed E-state index contributed by atoms with van der Waals surface area (Å²) in [5.41, 5.74) is 5.14. The molecule has 8 heteroatoms. The average molecular weight is 367 g/mol. The number of rotatable bonds is 3. The fourth-order valence-corrected chi connectivity index (χ4v) is 4.17. The van der Waals surface area contributed by atoms with E-state index in [1.807, 2.05) is 26.0 Å². The van der Waals surface area contributed by atoms with E-state index in [4.69, 9.17) is 14.3 Å². The van der Waals surface area contributed by atoms with Crippen LogP contribution in [0.25, 0.3) is 17.1 Å². The van der Waals surface area contributed by atoms with Crippen LogP contribution >= 0.6 is 0 Å². The highest BCUT2D eigenvalue weighted by atomic mass is 32.2. The minimum Gasteiger partial charge on any atom is -0.485 e. The van der Waals surface area contributed by atoms with Crippen molar-refractivity contribution < 1.29 is 13.7 Å². The molecule has 132 valence electrons. The van der Waals surface area contributed by atoms with Gasteiger partial charge in [0.05, 0.1) is 5.70 Å². The summed E-state index contributed by atoms with van der Waals surface area (Å²) in [6.45, 7) is 3.79. The van der Waals surface area contributed by atoms with Gasteiger partial charge in [0.1, 0.15) is 17.7 Å². The quantitative estimate of drug-likeness (QED) is 0.810. The van der Waals surface area contributed by atoms with Gasteiger partial charge in [-0.3, -0.25) is 0 Å². The molecule has 1 aromatic carbocycles. The smallest absolute Gasteiger partial charge is 0.184 e. The molecule has 2 unspecified atom stereocenters. The third-order valence-electron chi connectivity index (χ3n) is 5.04. The monoisotopic (exact) mass is 367 g/mol. The first-order valence-corrected chi connectivity index (χ1v) is 9.30. The summed E-state index contributed by atoms with van der Waals surface area (Å²) in [5.74, 6) is 1.26. The van der Waals surface area contributed by atoms with Crippen LogP contribution in [0.1, 0.15) is 16.8 Å². The Balaban J connectivity index is 1.58. The summed E-state index contributed by atoms with van der Waals surface area (Å²) < 4.78 is 30.6. The van der Waals surface area contributed by atoms with Crippen LogP contribution < -0.4 is 5.32 Å². The van der Waals surface area contributed by atoms with E-state index >= 15 is 0 Å². The molecule has 1 saturated heterocycles. The first kappa shape index (κ1) is 15.4. The van der Waals surface area contributed by atoms with E-state index in [-0.39, 0.29) is 12.2 Å². The van der Waals surface area contributed by atoms with Crippen LogP contribution in [0.5, 0.6) is 0 Å². The van der Waals surface area contributed by atoms with Crippen molar-refractivity contribution in [3.05, 3.63) is 58.9 Å². The molecule has 0 saturated carbocycles. The molecule has 0 radical (unpaired) electrons. The number of aromatic nitrogens is 2. The molecule has 2 N–H and O–H groups in total. The Morgan fingerprint density at radius 1 is 1.19 bits per heavy atom. The summed E-state index contributed by atoms with van der Waals surface area (Å²) in [6, 6.07) is 5.33. The fraction of sp³-hybridized carbons (Fsp3) is 0.222. The molecule has 0 aliphatic carbocycles. The zero-order valence-electron chi connectivity index (χ0n) is 14.1. The molecule has 5 rings (SSSR count). The number of nitrogens with zero attached hydrogens (tertiary/aromatic N) is 2. The zero-order chi connectivity index (χ0) is 18.0. The predicted molar refractivity (Wildman–Crippen MR) is 93.9 cm³/mol. The van der Waals surface area contributed by atoms with Crippen molar-refractivity contribution >= 4 is 16.4 Å². The van der Waals surface area contributed by atoms with Gasteiger partial charge in [0.25, 0.3) is 0 Å². The molecular formula is C18H15N4O3S-. The number of hydrogen-bond acceptors (Lipinski definition) is 8. The van der Waals surface area contributed by atoms with Crippen LogP contribution in [-0.2, 0) is 24.3 Å². The Hall–Kier alpha value is -2.87. The summed E-state index contributed by atoms with van der Waals surface area (Å²) >= 11 is 0. The normalized spacial score (nSPS) is 22.3. The summed E-state index contributed by atoms with van der Waals surface area (Å²) in [5, 5.41) is 3.31. The second-order valence-electron chi connectivity index (χ2n) is 6.43. The maximum absolute atomic E-state index is 11.5. The van der Waals surface area contributed by atoms with Gasteiger partial charge in [-0.25, -0.2) is 9.97 Å². The van der Waals surface area contributed by atoms with Crippen molar-refractivity contribution in [2.24, 2.45) is 0 Å². The lowest BCUT2D eigenvalue weighted by Gasteiger charge is -2.17. The van der Waals surface area contributed by atoms with Crippen molar-refractivity contribution in [2.45, 2.75) is 31.0 Å². The fourth-order valence-electron chi connectivity index (χ4n) is 3.55. The van der Waals surface area contributed by atoms with E-state index in [0.717, 1.165) is 28.1 Å². The van der Waals surface area contributed by atoms with E-state index in [1.54, 1.807) is 18.5 Å². The molecule has 3 aliphatic rings. The molecule has 1 fully saturated rings. The minimum atomic E-state index is -1.77. The van der Waals surface area contributed by atoms with Gasteiger partial charge in [-0.05, 0) is 25.5 Å². The van der Waals surface area contributed by atoms with Gasteiger partial charge in [0.2, 0.25) is 0 Å². The number of benzene rings is 1. The van der Waals surface area contributed by atoms with Gasteiger partial charge in [0, 0.05) is 11.8 Å². The molecule has 1 aromatic heterocycles. The highest BCUT2D eigenvalue weighted by molar-refractivity contribution is 7.73. The zero-order valence-corrected chi connectivity index (χ0v) is 14.9. The molecular weight excluding hydrogens is 352 g/mol. The van der Waals surface area contributed by atoms with Gasteiger partial charge in [-0.2, -0.15) is 10.6 Å². The van der Waals surface area contributed by atoms with Crippen LogP contribution in [0.2, 0.25) is 0 Å². The third-order valence-corrected chi connectivity index (χ3v) is 5.88. The molecule has 2 atom stereocenters. The van der Waals surface area contributed by atoms with E-state index in [0.29, 0.717) is 22.2 Å². The first-order chi connectivity index (χ1) is 12.5. The van der Waals surface area contributed by atoms with Crippen molar-refractivity contribution in [2.75, 3.05) is 0 Å². The van der Waals surface area contributed by atoms with Gasteiger partial charge in [-0.1, -0.05) is 22.6 Å². The Morgan fingerprint density at radius 2 is 2.04 bits per heavy atom. The molecule has 0 amide bonds. The number of hydrogen-bond donors (Lipinski definition) is 2. The van der Waals surface area contributed by atoms with Gasteiger partial charge < -0.3 is 23.8 Å². The van der Waals surface area contributed by atoms with Crippen LogP contribution in [0.4, 0.5) is 0 Å². The molecule has 26 heavy (non-hydrogen) atoms. The Labute approximate surface area is 151 Å². The van der Waals surface area contributed by atoms with E-state index in [2.05, 4.69) is 15.3 Å². The Kier molecular flexibility index (Phi) is 3.14. The Morgan fingerprint density at radius 3 is 2.77 bits per heavy atom. The van der Waals surface area contributed by atoms with Crippen molar-refractivity contribution in [1.29, 1.82) is 4.78 Å². The van der Waals surface area contributed by atoms with Gasteiger partial charge in [0.15, 0.2) is 23.8 Å². The lowest BCUT2D eigenvalue weighted by molar-refractivity contribution is 0.119. The lowest BCUT2D eigenvalue weighted by atomic mass is 10.0. The molecule has 4 heterocycles. The lowest BCUT2D eigenvalue weighted by Crippen LogP contribution is -2.18. The second kappa shape index (κ2) is 5.31. The highest BCUT2D eigenvalue weighted by Gasteiger charge is 2.51. The molecule has 7 nitrogen and oxygen atoms in total. The highest BCUT2D eigenvalue weighted by Crippen LogP contribution is 2.44. The van der Waals surface area contributed by atoms with Crippen LogP contribution in [0.15, 0.2) is 46.9 Å². The van der Waals surface area contributed by atoms with Crippen molar-refractivity contribution in [3.63, 3.8) is 0 Å². The number of nitrogens with one attached hydrogen (secondary N) is 2. The maximum Gasteiger partial charge on any atom is 0.184 e. The topological polar surface area (TPSA) is 97.2 Å². The minimum absolute atomic E-state index is 0.103. The van der Waals surface area contributed by atoms with E-state index < -0.39 is 10.6 Å². The maximum atomic E-state index is 11.5. The summed E-state index contributed by atoms with van der Waals surface area (Å²) in [7, 11) is -1.77. The van der Waals surface area contributed by atoms with Gasteiger partial charge >= 0.3 is 0 Å². The molecule has 3 aliphatic heterocycles. The first-order valence-electron chi connectivity index (χ1n) is 8.15.